The molecule has 2 aliphatic rings. The van der Waals surface area contributed by atoms with Crippen molar-refractivity contribution in [3.8, 4) is 0 Å². The Morgan fingerprint density at radius 1 is 1.12 bits per heavy atom. The number of hydrogen-bond donors (Lipinski definition) is 1. The topological polar surface area (TPSA) is 21.3 Å². The summed E-state index contributed by atoms with van der Waals surface area (Å²) in [6.07, 6.45) is 10.1. The Morgan fingerprint density at radius 3 is 2.76 bits per heavy atom. The maximum Gasteiger partial charge on any atom is 0.0561 e. The highest BCUT2D eigenvalue weighted by atomic mass is 16.5. The fraction of sp³-hybridized carbons (Fsp3) is 1.00. The molecule has 4 unspecified atom stereocenters. The number of ether oxygens (including phenoxy) is 1. The predicted molar refractivity (Wildman–Crippen MR) is 72.2 cm³/mol. The molecule has 2 rings (SSSR count). The van der Waals surface area contributed by atoms with Gasteiger partial charge in [0.1, 0.15) is 0 Å². The van der Waals surface area contributed by atoms with Crippen molar-refractivity contribution in [2.75, 3.05) is 13.2 Å². The van der Waals surface area contributed by atoms with E-state index in [1.165, 1.54) is 51.5 Å². The molecule has 2 fully saturated rings. The van der Waals surface area contributed by atoms with Crippen LogP contribution < -0.4 is 5.32 Å². The van der Waals surface area contributed by atoms with E-state index in [1.807, 2.05) is 0 Å². The third kappa shape index (κ3) is 4.59. The van der Waals surface area contributed by atoms with Gasteiger partial charge in [0.15, 0.2) is 0 Å². The zero-order valence-electron chi connectivity index (χ0n) is 11.6. The summed E-state index contributed by atoms with van der Waals surface area (Å²) in [4.78, 5) is 0. The Labute approximate surface area is 107 Å². The molecule has 1 heterocycles. The molecule has 1 aliphatic carbocycles. The van der Waals surface area contributed by atoms with Crippen LogP contribution in [0.15, 0.2) is 0 Å². The molecular weight excluding hydrogens is 210 g/mol. The monoisotopic (exact) mass is 239 g/mol. The summed E-state index contributed by atoms with van der Waals surface area (Å²) in [7, 11) is 0. The van der Waals surface area contributed by atoms with E-state index in [0.717, 1.165) is 18.4 Å². The number of hydrogen-bond acceptors (Lipinski definition) is 2. The second-order valence-corrected chi connectivity index (χ2v) is 6.28. The first-order valence-corrected chi connectivity index (χ1v) is 7.59. The predicted octanol–water partition coefficient (Wildman–Crippen LogP) is 3.36. The van der Waals surface area contributed by atoms with Gasteiger partial charge in [0.25, 0.3) is 0 Å². The summed E-state index contributed by atoms with van der Waals surface area (Å²) in [6, 6.07) is 0.708. The molecule has 100 valence electrons. The highest BCUT2D eigenvalue weighted by Crippen LogP contribution is 2.30. The molecule has 0 spiro atoms. The fourth-order valence-corrected chi connectivity index (χ4v) is 3.50. The summed E-state index contributed by atoms with van der Waals surface area (Å²) < 4.78 is 5.58. The summed E-state index contributed by atoms with van der Waals surface area (Å²) >= 11 is 0. The lowest BCUT2D eigenvalue weighted by atomic mass is 9.81. The van der Waals surface area contributed by atoms with Crippen LogP contribution in [0.3, 0.4) is 0 Å². The molecule has 2 heteroatoms. The molecule has 1 saturated carbocycles. The SMILES string of the molecule is CC1CCCC(CCNC2CCOC(C)C2)C1. The average Bonchev–Trinajstić information content (AvgIpc) is 2.29. The first kappa shape index (κ1) is 13.4. The lowest BCUT2D eigenvalue weighted by Crippen LogP contribution is -2.39. The first-order chi connectivity index (χ1) is 8.24. The maximum absolute atomic E-state index is 5.58. The highest BCUT2D eigenvalue weighted by Gasteiger charge is 2.21. The van der Waals surface area contributed by atoms with E-state index in [0.29, 0.717) is 12.1 Å². The number of rotatable bonds is 4. The van der Waals surface area contributed by atoms with Crippen molar-refractivity contribution < 1.29 is 4.74 Å². The van der Waals surface area contributed by atoms with Crippen molar-refractivity contribution >= 4 is 0 Å². The van der Waals surface area contributed by atoms with E-state index in [4.69, 9.17) is 4.74 Å². The third-order valence-electron chi connectivity index (χ3n) is 4.52. The van der Waals surface area contributed by atoms with Gasteiger partial charge in [-0.2, -0.15) is 0 Å². The molecule has 1 N–H and O–H groups in total. The third-order valence-corrected chi connectivity index (χ3v) is 4.52. The summed E-state index contributed by atoms with van der Waals surface area (Å²) in [5, 5.41) is 3.73. The lowest BCUT2D eigenvalue weighted by Gasteiger charge is -2.30. The van der Waals surface area contributed by atoms with Crippen LogP contribution in [-0.4, -0.2) is 25.3 Å². The Morgan fingerprint density at radius 2 is 2.00 bits per heavy atom. The fourth-order valence-electron chi connectivity index (χ4n) is 3.50. The molecule has 17 heavy (non-hydrogen) atoms. The standard InChI is InChI=1S/C15H29NO/c1-12-4-3-5-14(10-12)6-8-16-15-7-9-17-13(2)11-15/h12-16H,3-11H2,1-2H3. The largest absolute Gasteiger partial charge is 0.378 e. The van der Waals surface area contributed by atoms with Crippen molar-refractivity contribution in [2.24, 2.45) is 11.8 Å². The van der Waals surface area contributed by atoms with Crippen molar-refractivity contribution in [3.05, 3.63) is 0 Å². The van der Waals surface area contributed by atoms with E-state index < -0.39 is 0 Å². The van der Waals surface area contributed by atoms with Crippen LogP contribution in [0.1, 0.15) is 58.8 Å². The molecule has 0 aromatic rings. The van der Waals surface area contributed by atoms with E-state index in [-0.39, 0.29) is 0 Å². The summed E-state index contributed by atoms with van der Waals surface area (Å²) in [5.41, 5.74) is 0. The molecule has 0 radical (unpaired) electrons. The van der Waals surface area contributed by atoms with Crippen molar-refractivity contribution in [1.29, 1.82) is 0 Å². The Bertz CT molecular complexity index is 197. The zero-order valence-corrected chi connectivity index (χ0v) is 11.6. The van der Waals surface area contributed by atoms with E-state index in [1.54, 1.807) is 0 Å². The molecule has 4 atom stereocenters. The Hall–Kier alpha value is -0.0800. The molecule has 0 aromatic carbocycles. The highest BCUT2D eigenvalue weighted by molar-refractivity contribution is 4.76. The normalized spacial score (nSPS) is 39.2. The van der Waals surface area contributed by atoms with Crippen LogP contribution in [0, 0.1) is 11.8 Å². The maximum atomic E-state index is 5.58. The first-order valence-electron chi connectivity index (χ1n) is 7.59. The molecule has 1 saturated heterocycles. The van der Waals surface area contributed by atoms with Gasteiger partial charge in [0, 0.05) is 12.6 Å². The molecular formula is C15H29NO. The number of nitrogens with one attached hydrogen (secondary N) is 1. The van der Waals surface area contributed by atoms with Crippen molar-refractivity contribution in [3.63, 3.8) is 0 Å². The minimum absolute atomic E-state index is 0.455. The van der Waals surface area contributed by atoms with Gasteiger partial charge in [-0.1, -0.05) is 26.2 Å². The molecule has 1 aliphatic heterocycles. The van der Waals surface area contributed by atoms with Gasteiger partial charge in [-0.15, -0.1) is 0 Å². The van der Waals surface area contributed by atoms with Crippen molar-refractivity contribution in [1.82, 2.24) is 5.32 Å². The molecule has 2 nitrogen and oxygen atoms in total. The minimum Gasteiger partial charge on any atom is -0.378 e. The van der Waals surface area contributed by atoms with Gasteiger partial charge >= 0.3 is 0 Å². The van der Waals surface area contributed by atoms with Gasteiger partial charge in [-0.25, -0.2) is 0 Å². The van der Waals surface area contributed by atoms with E-state index >= 15 is 0 Å². The van der Waals surface area contributed by atoms with Gasteiger partial charge in [-0.3, -0.25) is 0 Å². The lowest BCUT2D eigenvalue weighted by molar-refractivity contribution is 0.0131. The zero-order chi connectivity index (χ0) is 12.1. The van der Waals surface area contributed by atoms with Crippen LogP contribution in [0.4, 0.5) is 0 Å². The van der Waals surface area contributed by atoms with E-state index in [9.17, 15) is 0 Å². The van der Waals surface area contributed by atoms with Crippen LogP contribution in [-0.2, 0) is 4.74 Å². The van der Waals surface area contributed by atoms with Gasteiger partial charge in [-0.05, 0) is 51.0 Å². The molecule has 0 amide bonds. The average molecular weight is 239 g/mol. The van der Waals surface area contributed by atoms with Crippen LogP contribution >= 0.6 is 0 Å². The van der Waals surface area contributed by atoms with Gasteiger partial charge in [0.05, 0.1) is 6.10 Å². The minimum atomic E-state index is 0.455. The van der Waals surface area contributed by atoms with Gasteiger partial charge < -0.3 is 10.1 Å². The Kier molecular flexibility index (Phi) is 5.30. The van der Waals surface area contributed by atoms with Crippen LogP contribution in [0.25, 0.3) is 0 Å². The summed E-state index contributed by atoms with van der Waals surface area (Å²) in [5.74, 6) is 1.96. The van der Waals surface area contributed by atoms with Gasteiger partial charge in [0.2, 0.25) is 0 Å². The van der Waals surface area contributed by atoms with Crippen LogP contribution in [0.2, 0.25) is 0 Å². The molecule has 0 aromatic heterocycles. The smallest absolute Gasteiger partial charge is 0.0561 e. The molecule has 0 bridgehead atoms. The van der Waals surface area contributed by atoms with Crippen molar-refractivity contribution in [2.45, 2.75) is 70.9 Å². The second kappa shape index (κ2) is 6.75. The van der Waals surface area contributed by atoms with Crippen LogP contribution in [0.5, 0.6) is 0 Å². The second-order valence-electron chi connectivity index (χ2n) is 6.28. The quantitative estimate of drug-likeness (QED) is 0.812. The Balaban J connectivity index is 1.58. The summed E-state index contributed by atoms with van der Waals surface area (Å²) in [6.45, 7) is 6.77. The van der Waals surface area contributed by atoms with E-state index in [2.05, 4.69) is 19.2 Å².